The van der Waals surface area contributed by atoms with Gasteiger partial charge in [0.25, 0.3) is 0 Å². The van der Waals surface area contributed by atoms with Crippen LogP contribution in [0.2, 0.25) is 0 Å². The largest absolute Gasteiger partial charge is 0.493 e. The molecule has 0 radical (unpaired) electrons. The van der Waals surface area contributed by atoms with E-state index in [0.717, 1.165) is 32.1 Å². The van der Waals surface area contributed by atoms with Crippen LogP contribution in [0.1, 0.15) is 37.7 Å². The first-order valence-electron chi connectivity index (χ1n) is 6.98. The number of hydrogen-bond acceptors (Lipinski definition) is 4. The van der Waals surface area contributed by atoms with Gasteiger partial charge in [-0.2, -0.15) is 5.26 Å². The van der Waals surface area contributed by atoms with Crippen molar-refractivity contribution in [3.05, 3.63) is 29.8 Å². The zero-order chi connectivity index (χ0) is 15.3. The molecule has 0 aromatic heterocycles. The van der Waals surface area contributed by atoms with Gasteiger partial charge >= 0.3 is 0 Å². The maximum absolute atomic E-state index is 11.5. The number of hydrogen-bond donors (Lipinski definition) is 0. The molecule has 0 bridgehead atoms. The number of rotatable bonds is 5. The third kappa shape index (κ3) is 4.90. The predicted molar refractivity (Wildman–Crippen MR) is 81.8 cm³/mol. The highest BCUT2D eigenvalue weighted by molar-refractivity contribution is 8.13. The van der Waals surface area contributed by atoms with Crippen molar-refractivity contribution in [2.75, 3.05) is 12.4 Å². The Bertz CT molecular complexity index is 613. The van der Waals surface area contributed by atoms with Crippen molar-refractivity contribution in [2.45, 2.75) is 32.1 Å². The first kappa shape index (κ1) is 16.1. The molecule has 0 N–H and O–H groups in total. The van der Waals surface area contributed by atoms with Crippen LogP contribution in [-0.2, 0) is 9.05 Å². The Labute approximate surface area is 130 Å². The van der Waals surface area contributed by atoms with Crippen molar-refractivity contribution in [3.63, 3.8) is 0 Å². The molecule has 0 unspecified atom stereocenters. The summed E-state index contributed by atoms with van der Waals surface area (Å²) in [6, 6.07) is 8.86. The van der Waals surface area contributed by atoms with E-state index >= 15 is 0 Å². The van der Waals surface area contributed by atoms with Crippen molar-refractivity contribution >= 4 is 19.7 Å². The monoisotopic (exact) mass is 327 g/mol. The number of ether oxygens (including phenoxy) is 1. The van der Waals surface area contributed by atoms with Gasteiger partial charge in [-0.3, -0.25) is 0 Å². The van der Waals surface area contributed by atoms with Crippen molar-refractivity contribution in [1.29, 1.82) is 5.26 Å². The zero-order valence-corrected chi connectivity index (χ0v) is 13.3. The summed E-state index contributed by atoms with van der Waals surface area (Å²) in [6.07, 6.45) is 4.76. The lowest BCUT2D eigenvalue weighted by atomic mass is 9.76. The molecule has 1 saturated carbocycles. The summed E-state index contributed by atoms with van der Waals surface area (Å²) in [6.45, 7) is 0.338. The first-order valence-corrected chi connectivity index (χ1v) is 9.46. The van der Waals surface area contributed by atoms with Crippen LogP contribution < -0.4 is 4.74 Å². The van der Waals surface area contributed by atoms with Gasteiger partial charge in [0.2, 0.25) is 9.05 Å². The lowest BCUT2D eigenvalue weighted by molar-refractivity contribution is 0.119. The fourth-order valence-electron chi connectivity index (χ4n) is 2.86. The number of benzene rings is 1. The third-order valence-electron chi connectivity index (χ3n) is 3.92. The Morgan fingerprint density at radius 3 is 2.33 bits per heavy atom. The number of halogens is 1. The summed E-state index contributed by atoms with van der Waals surface area (Å²) in [7, 11) is 1.91. The van der Waals surface area contributed by atoms with Gasteiger partial charge < -0.3 is 4.74 Å². The quantitative estimate of drug-likeness (QED) is 0.777. The lowest BCUT2D eigenvalue weighted by Crippen LogP contribution is -2.36. The molecule has 21 heavy (non-hydrogen) atoms. The smallest absolute Gasteiger partial charge is 0.233 e. The molecular weight excluding hydrogens is 310 g/mol. The molecule has 0 aliphatic heterocycles. The summed E-state index contributed by atoms with van der Waals surface area (Å²) in [4.78, 5) is 0. The van der Waals surface area contributed by atoms with E-state index in [1.54, 1.807) is 24.3 Å². The molecular formula is C15H18ClNO3S. The molecule has 1 fully saturated rings. The molecule has 0 saturated heterocycles. The highest BCUT2D eigenvalue weighted by Gasteiger charge is 2.37. The van der Waals surface area contributed by atoms with Crippen LogP contribution in [0.15, 0.2) is 24.3 Å². The molecule has 1 aromatic rings. The molecule has 1 aliphatic carbocycles. The Morgan fingerprint density at radius 1 is 1.19 bits per heavy atom. The Morgan fingerprint density at radius 2 is 1.81 bits per heavy atom. The number of nitrogens with zero attached hydrogens (tertiary/aromatic N) is 1. The molecule has 114 valence electrons. The normalized spacial score (nSPS) is 17.9. The van der Waals surface area contributed by atoms with E-state index in [1.165, 1.54) is 0 Å². The summed E-state index contributed by atoms with van der Waals surface area (Å²) in [5.74, 6) is 0.601. The van der Waals surface area contributed by atoms with E-state index < -0.39 is 14.5 Å². The minimum absolute atomic E-state index is 0.0438. The maximum Gasteiger partial charge on any atom is 0.233 e. The van der Waals surface area contributed by atoms with Gasteiger partial charge in [-0.1, -0.05) is 19.3 Å². The average molecular weight is 328 g/mol. The SMILES string of the molecule is N#Cc1ccc(OCC2(CS(=O)(=O)Cl)CCCCC2)cc1. The fraction of sp³-hybridized carbons (Fsp3) is 0.533. The van der Waals surface area contributed by atoms with Crippen molar-refractivity contribution in [2.24, 2.45) is 5.41 Å². The van der Waals surface area contributed by atoms with Crippen LogP contribution in [0.5, 0.6) is 5.75 Å². The van der Waals surface area contributed by atoms with E-state index in [1.807, 2.05) is 6.07 Å². The van der Waals surface area contributed by atoms with E-state index in [9.17, 15) is 8.42 Å². The Hall–Kier alpha value is -1.25. The Kier molecular flexibility index (Phi) is 5.13. The molecule has 1 aliphatic rings. The molecule has 0 atom stereocenters. The van der Waals surface area contributed by atoms with Gasteiger partial charge in [-0.15, -0.1) is 0 Å². The van der Waals surface area contributed by atoms with Crippen molar-refractivity contribution in [1.82, 2.24) is 0 Å². The molecule has 0 amide bonds. The van der Waals surface area contributed by atoms with Crippen LogP contribution >= 0.6 is 10.7 Å². The van der Waals surface area contributed by atoms with Gasteiger partial charge in [0.15, 0.2) is 0 Å². The van der Waals surface area contributed by atoms with Gasteiger partial charge in [0.05, 0.1) is 24.0 Å². The second-order valence-corrected chi connectivity index (χ2v) is 8.45. The topological polar surface area (TPSA) is 67.2 Å². The summed E-state index contributed by atoms with van der Waals surface area (Å²) in [5, 5.41) is 8.76. The molecule has 2 rings (SSSR count). The molecule has 6 heteroatoms. The second kappa shape index (κ2) is 6.67. The van der Waals surface area contributed by atoms with Gasteiger partial charge in [0, 0.05) is 16.1 Å². The van der Waals surface area contributed by atoms with E-state index in [-0.39, 0.29) is 5.75 Å². The van der Waals surface area contributed by atoms with Crippen LogP contribution in [0.3, 0.4) is 0 Å². The Balaban J connectivity index is 2.06. The summed E-state index contributed by atoms with van der Waals surface area (Å²) >= 11 is 0. The maximum atomic E-state index is 11.5. The van der Waals surface area contributed by atoms with Crippen molar-refractivity contribution < 1.29 is 13.2 Å². The minimum Gasteiger partial charge on any atom is -0.493 e. The van der Waals surface area contributed by atoms with E-state index in [2.05, 4.69) is 0 Å². The predicted octanol–water partition coefficient (Wildman–Crippen LogP) is 3.46. The first-order chi connectivity index (χ1) is 9.92. The molecule has 1 aromatic carbocycles. The minimum atomic E-state index is -3.55. The van der Waals surface area contributed by atoms with Gasteiger partial charge in [-0.05, 0) is 37.1 Å². The fourth-order valence-corrected chi connectivity index (χ4v) is 4.66. The lowest BCUT2D eigenvalue weighted by Gasteiger charge is -2.35. The van der Waals surface area contributed by atoms with Crippen LogP contribution in [0.25, 0.3) is 0 Å². The van der Waals surface area contributed by atoms with Crippen LogP contribution in [0, 0.1) is 16.7 Å². The standard InChI is InChI=1S/C15H18ClNO3S/c16-21(18,19)12-15(8-2-1-3-9-15)11-20-14-6-4-13(10-17)5-7-14/h4-7H,1-3,8-9,11-12H2. The molecule has 0 spiro atoms. The summed E-state index contributed by atoms with van der Waals surface area (Å²) in [5.41, 5.74) is 0.172. The van der Waals surface area contributed by atoms with Gasteiger partial charge in [0.1, 0.15) is 5.75 Å². The summed E-state index contributed by atoms with van der Waals surface area (Å²) < 4.78 is 28.7. The second-order valence-electron chi connectivity index (χ2n) is 5.67. The third-order valence-corrected chi connectivity index (χ3v) is 5.21. The zero-order valence-electron chi connectivity index (χ0n) is 11.7. The van der Waals surface area contributed by atoms with Crippen molar-refractivity contribution in [3.8, 4) is 11.8 Å². The highest BCUT2D eigenvalue weighted by atomic mass is 35.7. The molecule has 0 heterocycles. The van der Waals surface area contributed by atoms with Gasteiger partial charge in [-0.25, -0.2) is 8.42 Å². The van der Waals surface area contributed by atoms with E-state index in [4.69, 9.17) is 20.7 Å². The highest BCUT2D eigenvalue weighted by Crippen LogP contribution is 2.38. The van der Waals surface area contributed by atoms with Crippen LogP contribution in [0.4, 0.5) is 0 Å². The molecule has 4 nitrogen and oxygen atoms in total. The van der Waals surface area contributed by atoms with Crippen LogP contribution in [-0.4, -0.2) is 20.8 Å². The number of nitriles is 1. The average Bonchev–Trinajstić information content (AvgIpc) is 2.45. The van der Waals surface area contributed by atoms with E-state index in [0.29, 0.717) is 17.9 Å².